The first kappa shape index (κ1) is 22.7. The minimum atomic E-state index is 0. The van der Waals surface area contributed by atoms with Gasteiger partial charge in [-0.05, 0) is 0 Å². The first-order chi connectivity index (χ1) is 8.86. The van der Waals surface area contributed by atoms with Gasteiger partial charge in [-0.25, -0.2) is 12.1 Å². The first-order valence-electron chi connectivity index (χ1n) is 6.07. The van der Waals surface area contributed by atoms with Crippen LogP contribution in [0.3, 0.4) is 0 Å². The van der Waals surface area contributed by atoms with Crippen LogP contribution in [-0.4, -0.2) is 0 Å². The Balaban J connectivity index is 0. The fraction of sp³-hybridized carbons (Fsp3) is 0.167. The maximum Gasteiger partial charge on any atom is 0 e. The molecule has 0 aromatic heterocycles. The van der Waals surface area contributed by atoms with E-state index in [4.69, 9.17) is 0 Å². The Morgan fingerprint density at radius 3 is 2.15 bits per heavy atom. The van der Waals surface area contributed by atoms with Crippen molar-refractivity contribution in [2.75, 3.05) is 0 Å². The fourth-order valence-corrected chi connectivity index (χ4v) is 1.43. The molecule has 20 heavy (non-hydrogen) atoms. The van der Waals surface area contributed by atoms with Crippen LogP contribution in [0.15, 0.2) is 48.5 Å². The van der Waals surface area contributed by atoms with Crippen LogP contribution in [-0.2, 0) is 71.8 Å². The van der Waals surface area contributed by atoms with E-state index in [1.54, 1.807) is 0 Å². The minimum Gasteiger partial charge on any atom is -0.330 e. The van der Waals surface area contributed by atoms with Crippen LogP contribution in [0.4, 0.5) is 0 Å². The van der Waals surface area contributed by atoms with E-state index in [0.717, 1.165) is 12.0 Å². The third-order valence-corrected chi connectivity index (χ3v) is 2.23. The molecule has 0 aliphatic heterocycles. The topological polar surface area (TPSA) is 0 Å². The zero-order valence-electron chi connectivity index (χ0n) is 12.1. The number of rotatable bonds is 3. The number of allylic oxidation sites excluding steroid dienone is 1. The Bertz CT molecular complexity index is 435. The van der Waals surface area contributed by atoms with E-state index < -0.39 is 0 Å². The summed E-state index contributed by atoms with van der Waals surface area (Å²) in [6.07, 6.45) is 7.99. The smallest absolute Gasteiger partial charge is 0 e. The summed E-state index contributed by atoms with van der Waals surface area (Å²) in [6, 6.07) is 22.1. The van der Waals surface area contributed by atoms with E-state index in [-0.39, 0.29) is 65.4 Å². The second kappa shape index (κ2) is 15.8. The van der Waals surface area contributed by atoms with E-state index in [0.29, 0.717) is 0 Å². The Kier molecular flexibility index (Phi) is 17.9. The zero-order valence-corrected chi connectivity index (χ0v) is 17.8. The third-order valence-electron chi connectivity index (χ3n) is 2.23. The van der Waals surface area contributed by atoms with Crippen molar-refractivity contribution in [3.8, 4) is 0 Å². The predicted octanol–water partition coefficient (Wildman–Crippen LogP) is 4.57. The summed E-state index contributed by atoms with van der Waals surface area (Å²) >= 11 is 0. The van der Waals surface area contributed by atoms with E-state index >= 15 is 0 Å². The van der Waals surface area contributed by atoms with Gasteiger partial charge < -0.3 is 24.1 Å². The van der Waals surface area contributed by atoms with Crippen LogP contribution in [0.5, 0.6) is 0 Å². The van der Waals surface area contributed by atoms with Crippen LogP contribution in [0.1, 0.15) is 25.0 Å². The van der Waals surface area contributed by atoms with Crippen LogP contribution in [0, 0.1) is 24.6 Å². The Labute approximate surface area is 174 Å². The van der Waals surface area contributed by atoms with Crippen LogP contribution in [0.25, 0.3) is 6.08 Å². The van der Waals surface area contributed by atoms with Crippen molar-refractivity contribution in [3.63, 3.8) is 0 Å². The standard InChI is InChI=1S/C9H10.C9H8.2Y/c2*1-2-6-9-7-4-3-5-8-9;;/h2-5,7H,6H2,1H3;3-7H,1H3;;/q2*-2;;. The summed E-state index contributed by atoms with van der Waals surface area (Å²) in [5.41, 5.74) is 2.35. The van der Waals surface area contributed by atoms with Crippen molar-refractivity contribution in [1.29, 1.82) is 0 Å². The Morgan fingerprint density at radius 1 is 1.05 bits per heavy atom. The fourth-order valence-electron chi connectivity index (χ4n) is 1.43. The molecule has 2 aromatic carbocycles. The van der Waals surface area contributed by atoms with Crippen molar-refractivity contribution in [2.24, 2.45) is 0 Å². The monoisotopic (exact) mass is 412 g/mol. The van der Waals surface area contributed by atoms with Crippen molar-refractivity contribution in [1.82, 2.24) is 0 Å². The maximum absolute atomic E-state index is 3.14. The molecule has 0 atom stereocenters. The van der Waals surface area contributed by atoms with E-state index in [1.807, 2.05) is 55.5 Å². The van der Waals surface area contributed by atoms with Gasteiger partial charge in [0.1, 0.15) is 0 Å². The van der Waals surface area contributed by atoms with Crippen molar-refractivity contribution >= 4 is 6.08 Å². The van der Waals surface area contributed by atoms with Crippen LogP contribution in [0.2, 0.25) is 0 Å². The summed E-state index contributed by atoms with van der Waals surface area (Å²) in [5.74, 6) is 0. The van der Waals surface area contributed by atoms with Gasteiger partial charge in [0.2, 0.25) is 0 Å². The molecule has 2 aromatic rings. The number of benzene rings is 2. The molecule has 2 radical (unpaired) electrons. The van der Waals surface area contributed by atoms with Gasteiger partial charge in [-0.15, -0.1) is 13.0 Å². The SMILES string of the molecule is C[C-]=Cc1[c-]cccc1.C[CH-]Cc1[c-]cccc1.[Y].[Y]. The van der Waals surface area contributed by atoms with Gasteiger partial charge in [0.05, 0.1) is 0 Å². The van der Waals surface area contributed by atoms with E-state index in [1.165, 1.54) is 5.56 Å². The second-order valence-electron chi connectivity index (χ2n) is 3.75. The Morgan fingerprint density at radius 2 is 1.70 bits per heavy atom. The predicted molar refractivity (Wildman–Crippen MR) is 77.6 cm³/mol. The van der Waals surface area contributed by atoms with Gasteiger partial charge in [-0.1, -0.05) is 0 Å². The molecular weight excluding hydrogens is 394 g/mol. The summed E-state index contributed by atoms with van der Waals surface area (Å²) in [6.45, 7) is 3.93. The molecule has 100 valence electrons. The molecule has 0 unspecified atom stereocenters. The first-order valence-corrected chi connectivity index (χ1v) is 6.07. The second-order valence-corrected chi connectivity index (χ2v) is 3.75. The molecule has 0 fully saturated rings. The molecule has 0 aliphatic carbocycles. The average Bonchev–Trinajstić information content (AvgIpc) is 2.43. The van der Waals surface area contributed by atoms with Gasteiger partial charge in [-0.3, -0.25) is 0 Å². The van der Waals surface area contributed by atoms with Gasteiger partial charge >= 0.3 is 0 Å². The summed E-state index contributed by atoms with van der Waals surface area (Å²) in [5, 5.41) is 0. The molecule has 2 heteroatoms. The molecule has 2 rings (SSSR count). The minimum absolute atomic E-state index is 0. The summed E-state index contributed by atoms with van der Waals surface area (Å²) in [4.78, 5) is 0. The number of hydrogen-bond acceptors (Lipinski definition) is 0. The van der Waals surface area contributed by atoms with Crippen molar-refractivity contribution in [2.45, 2.75) is 20.3 Å². The maximum atomic E-state index is 3.14. The van der Waals surface area contributed by atoms with Crippen LogP contribution < -0.4 is 0 Å². The normalized spacial score (nSPS) is 8.90. The van der Waals surface area contributed by atoms with Gasteiger partial charge in [0, 0.05) is 65.4 Å². The van der Waals surface area contributed by atoms with Crippen molar-refractivity contribution < 1.29 is 65.4 Å². The molecule has 0 nitrogen and oxygen atoms in total. The molecule has 0 N–H and O–H groups in total. The van der Waals surface area contributed by atoms with Crippen LogP contribution >= 0.6 is 0 Å². The molecule has 0 amide bonds. The van der Waals surface area contributed by atoms with Gasteiger partial charge in [0.15, 0.2) is 0 Å². The van der Waals surface area contributed by atoms with Gasteiger partial charge in [-0.2, -0.15) is 61.4 Å². The Hall–Kier alpha value is 0.388. The zero-order chi connectivity index (χ0) is 13.1. The number of hydrogen-bond donors (Lipinski definition) is 0. The van der Waals surface area contributed by atoms with E-state index in [9.17, 15) is 0 Å². The van der Waals surface area contributed by atoms with Gasteiger partial charge in [0.25, 0.3) is 0 Å². The molecule has 0 heterocycles. The average molecular weight is 412 g/mol. The van der Waals surface area contributed by atoms with E-state index in [2.05, 4.69) is 37.6 Å². The molecule has 0 bridgehead atoms. The summed E-state index contributed by atoms with van der Waals surface area (Å²) < 4.78 is 0. The third kappa shape index (κ3) is 11.1. The molecular formula is C18H18Y2-4. The molecule has 0 saturated heterocycles. The quantitative estimate of drug-likeness (QED) is 0.649. The molecule has 0 saturated carbocycles. The molecule has 0 aliphatic rings. The van der Waals surface area contributed by atoms with Crippen molar-refractivity contribution in [3.05, 3.63) is 84.3 Å². The summed E-state index contributed by atoms with van der Waals surface area (Å²) in [7, 11) is 0. The molecule has 0 spiro atoms. The largest absolute Gasteiger partial charge is 0.330 e.